The van der Waals surface area contributed by atoms with Crippen molar-refractivity contribution < 1.29 is 8.42 Å². The van der Waals surface area contributed by atoms with Gasteiger partial charge in [-0.25, -0.2) is 8.42 Å². The summed E-state index contributed by atoms with van der Waals surface area (Å²) in [6.45, 7) is 0. The van der Waals surface area contributed by atoms with Crippen LogP contribution in [-0.4, -0.2) is 13.4 Å². The zero-order valence-electron chi connectivity index (χ0n) is 8.54. The van der Waals surface area contributed by atoms with E-state index >= 15 is 0 Å². The maximum atomic E-state index is 10.6. The summed E-state index contributed by atoms with van der Waals surface area (Å²) in [6, 6.07) is 15.1. The Kier molecular flexibility index (Phi) is 3.31. The summed E-state index contributed by atoms with van der Waals surface area (Å²) < 4.78 is 21.2. The molecule has 0 N–H and O–H groups in total. The number of thiol groups is 1. The Morgan fingerprint density at radius 1 is 0.938 bits per heavy atom. The average Bonchev–Trinajstić information content (AvgIpc) is 2.30. The van der Waals surface area contributed by atoms with Crippen LogP contribution < -0.4 is 0 Å². The fourth-order valence-electron chi connectivity index (χ4n) is 1.47. The van der Waals surface area contributed by atoms with Crippen molar-refractivity contribution in [2.24, 2.45) is 0 Å². The molecule has 2 rings (SSSR count). The van der Waals surface area contributed by atoms with Gasteiger partial charge < -0.3 is 0 Å². The van der Waals surface area contributed by atoms with Gasteiger partial charge in [-0.2, -0.15) is 0 Å². The van der Waals surface area contributed by atoms with E-state index in [2.05, 4.69) is 4.98 Å². The molecule has 2 aromatic rings. The highest BCUT2D eigenvalue weighted by Crippen LogP contribution is 2.16. The summed E-state index contributed by atoms with van der Waals surface area (Å²) in [6.07, 6.45) is 0. The van der Waals surface area contributed by atoms with Gasteiger partial charge >= 0.3 is 0 Å². The predicted molar refractivity (Wildman–Crippen MR) is 63.7 cm³/mol. The fourth-order valence-corrected chi connectivity index (χ4v) is 1.91. The van der Waals surface area contributed by atoms with Crippen LogP contribution in [0.3, 0.4) is 0 Å². The molecule has 1 aromatic carbocycles. The molecular formula is C12H11NO2S. The van der Waals surface area contributed by atoms with Crippen LogP contribution in [0.15, 0.2) is 48.5 Å². The predicted octanol–water partition coefficient (Wildman–Crippen LogP) is 1.86. The Bertz CT molecular complexity index is 542. The molecule has 0 radical (unpaired) electrons. The lowest BCUT2D eigenvalue weighted by molar-refractivity contribution is 0.613. The molecule has 3 nitrogen and oxygen atoms in total. The van der Waals surface area contributed by atoms with E-state index in [1.165, 1.54) is 0 Å². The topological polar surface area (TPSA) is 47.0 Å². The molecule has 0 fully saturated rings. The van der Waals surface area contributed by atoms with E-state index in [1.807, 2.05) is 42.5 Å². The molecule has 0 amide bonds. The largest absolute Gasteiger partial charge is 0.252 e. The molecule has 0 spiro atoms. The van der Waals surface area contributed by atoms with Crippen LogP contribution in [0, 0.1) is 0 Å². The van der Waals surface area contributed by atoms with Crippen molar-refractivity contribution in [1.82, 2.24) is 4.98 Å². The number of benzene rings is 1. The third-order valence-electron chi connectivity index (χ3n) is 2.17. The molecular weight excluding hydrogens is 222 g/mol. The zero-order chi connectivity index (χ0) is 11.4. The van der Waals surface area contributed by atoms with Gasteiger partial charge in [0.2, 0.25) is 0 Å². The standard InChI is InChI=1S/C12H11NO2S/c14-16(15)9-11-7-4-8-12(13-11)10-5-2-1-3-6-10/h1-8,16H,9H2. The summed E-state index contributed by atoms with van der Waals surface area (Å²) >= 11 is 0. The van der Waals surface area contributed by atoms with E-state index in [4.69, 9.17) is 0 Å². The molecule has 1 heterocycles. The maximum absolute atomic E-state index is 10.6. The maximum Gasteiger partial charge on any atom is 0.145 e. The van der Waals surface area contributed by atoms with Gasteiger partial charge in [-0.15, -0.1) is 0 Å². The molecule has 0 aliphatic carbocycles. The van der Waals surface area contributed by atoms with Crippen molar-refractivity contribution in [2.45, 2.75) is 5.75 Å². The first-order chi connectivity index (χ1) is 7.75. The minimum atomic E-state index is -2.42. The van der Waals surface area contributed by atoms with Gasteiger partial charge in [0, 0.05) is 5.56 Å². The summed E-state index contributed by atoms with van der Waals surface area (Å²) in [4.78, 5) is 4.30. The minimum Gasteiger partial charge on any atom is -0.252 e. The minimum absolute atomic E-state index is 0.00396. The van der Waals surface area contributed by atoms with Crippen LogP contribution in [0.25, 0.3) is 11.3 Å². The Balaban J connectivity index is 2.36. The first kappa shape index (κ1) is 10.8. The van der Waals surface area contributed by atoms with Gasteiger partial charge in [-0.3, -0.25) is 4.98 Å². The zero-order valence-corrected chi connectivity index (χ0v) is 9.43. The van der Waals surface area contributed by atoms with E-state index in [9.17, 15) is 8.42 Å². The molecule has 0 aliphatic heterocycles. The monoisotopic (exact) mass is 233 g/mol. The molecule has 0 unspecified atom stereocenters. The highest BCUT2D eigenvalue weighted by molar-refractivity contribution is 7.71. The molecule has 82 valence electrons. The average molecular weight is 233 g/mol. The van der Waals surface area contributed by atoms with Crippen molar-refractivity contribution in [3.63, 3.8) is 0 Å². The van der Waals surface area contributed by atoms with E-state index in [0.717, 1.165) is 11.3 Å². The van der Waals surface area contributed by atoms with Crippen LogP contribution in [0.5, 0.6) is 0 Å². The quantitative estimate of drug-likeness (QED) is 0.823. The summed E-state index contributed by atoms with van der Waals surface area (Å²) in [5.74, 6) is -0.00396. The Morgan fingerprint density at radius 2 is 1.69 bits per heavy atom. The van der Waals surface area contributed by atoms with Gasteiger partial charge in [-0.05, 0) is 12.1 Å². The number of aromatic nitrogens is 1. The molecule has 1 aromatic heterocycles. The molecule has 0 saturated carbocycles. The van der Waals surface area contributed by atoms with Crippen LogP contribution >= 0.6 is 0 Å². The van der Waals surface area contributed by atoms with Crippen molar-refractivity contribution in [1.29, 1.82) is 0 Å². The summed E-state index contributed by atoms with van der Waals surface area (Å²) in [7, 11) is -2.42. The van der Waals surface area contributed by atoms with Crippen molar-refractivity contribution >= 4 is 10.7 Å². The smallest absolute Gasteiger partial charge is 0.145 e. The van der Waals surface area contributed by atoms with Crippen molar-refractivity contribution in [3.05, 3.63) is 54.2 Å². The normalized spacial score (nSPS) is 10.6. The van der Waals surface area contributed by atoms with Gasteiger partial charge in [0.05, 0.1) is 17.1 Å². The van der Waals surface area contributed by atoms with Crippen LogP contribution in [0.4, 0.5) is 0 Å². The van der Waals surface area contributed by atoms with Crippen LogP contribution in [-0.2, 0) is 16.5 Å². The highest BCUT2D eigenvalue weighted by atomic mass is 32.2. The lowest BCUT2D eigenvalue weighted by Crippen LogP contribution is -1.93. The lowest BCUT2D eigenvalue weighted by Gasteiger charge is -2.01. The van der Waals surface area contributed by atoms with Gasteiger partial charge in [0.15, 0.2) is 0 Å². The molecule has 4 heteroatoms. The van der Waals surface area contributed by atoms with Gasteiger partial charge in [0.1, 0.15) is 10.7 Å². The van der Waals surface area contributed by atoms with E-state index < -0.39 is 10.7 Å². The highest BCUT2D eigenvalue weighted by Gasteiger charge is 2.00. The van der Waals surface area contributed by atoms with Crippen LogP contribution in [0.2, 0.25) is 0 Å². The summed E-state index contributed by atoms with van der Waals surface area (Å²) in [5.41, 5.74) is 2.37. The van der Waals surface area contributed by atoms with E-state index in [-0.39, 0.29) is 5.75 Å². The second-order valence-electron chi connectivity index (χ2n) is 3.37. The second kappa shape index (κ2) is 4.90. The Labute approximate surface area is 95.7 Å². The number of hydrogen-bond acceptors (Lipinski definition) is 3. The second-order valence-corrected chi connectivity index (χ2v) is 4.35. The first-order valence-electron chi connectivity index (χ1n) is 4.89. The Morgan fingerprint density at radius 3 is 2.38 bits per heavy atom. The number of hydrogen-bond donors (Lipinski definition) is 1. The molecule has 0 aliphatic rings. The SMILES string of the molecule is O=[SH](=O)Cc1cccc(-c2ccccc2)n1. The van der Waals surface area contributed by atoms with Crippen molar-refractivity contribution in [3.8, 4) is 11.3 Å². The molecule has 0 atom stereocenters. The number of pyridine rings is 1. The third-order valence-corrected chi connectivity index (χ3v) is 2.75. The van der Waals surface area contributed by atoms with Gasteiger partial charge in [-0.1, -0.05) is 36.4 Å². The van der Waals surface area contributed by atoms with E-state index in [0.29, 0.717) is 5.69 Å². The molecule has 0 saturated heterocycles. The third kappa shape index (κ3) is 2.67. The summed E-state index contributed by atoms with van der Waals surface area (Å²) in [5, 5.41) is 0. The first-order valence-corrected chi connectivity index (χ1v) is 6.25. The molecule has 16 heavy (non-hydrogen) atoms. The number of nitrogens with zero attached hydrogens (tertiary/aromatic N) is 1. The van der Waals surface area contributed by atoms with Crippen molar-refractivity contribution in [2.75, 3.05) is 0 Å². The van der Waals surface area contributed by atoms with E-state index in [1.54, 1.807) is 6.07 Å². The Hall–Kier alpha value is -1.68. The molecule has 0 bridgehead atoms. The number of rotatable bonds is 3. The van der Waals surface area contributed by atoms with Crippen LogP contribution in [0.1, 0.15) is 5.69 Å². The fraction of sp³-hybridized carbons (Fsp3) is 0.0833. The van der Waals surface area contributed by atoms with Gasteiger partial charge in [0.25, 0.3) is 0 Å². The lowest BCUT2D eigenvalue weighted by atomic mass is 10.1.